The second-order valence-corrected chi connectivity index (χ2v) is 13.3. The van der Waals surface area contributed by atoms with Crippen LogP contribution in [0, 0.1) is 0 Å². The number of nitrogens with zero attached hydrogens (tertiary/aromatic N) is 7. The third-order valence-corrected chi connectivity index (χ3v) is 10.0. The molecule has 1 amide bonds. The molecule has 3 fully saturated rings. The van der Waals surface area contributed by atoms with Crippen LogP contribution >= 0.6 is 11.8 Å². The summed E-state index contributed by atoms with van der Waals surface area (Å²) in [7, 11) is 2.12. The van der Waals surface area contributed by atoms with Crippen molar-refractivity contribution in [3.63, 3.8) is 0 Å². The molecular formula is C31H36F2N8O5S. The Labute approximate surface area is 273 Å². The normalized spacial score (nSPS) is 18.5. The first-order chi connectivity index (χ1) is 22.8. The molecule has 4 aromatic rings. The Morgan fingerprint density at radius 1 is 1.19 bits per heavy atom. The van der Waals surface area contributed by atoms with Gasteiger partial charge in [0.1, 0.15) is 18.0 Å². The minimum absolute atomic E-state index is 0.0705. The number of aromatic nitrogens is 5. The minimum Gasteiger partial charge on any atom is -0.434 e. The van der Waals surface area contributed by atoms with Crippen LogP contribution in [-0.2, 0) is 20.8 Å². The number of halogens is 2. The van der Waals surface area contributed by atoms with E-state index in [9.17, 15) is 18.7 Å². The van der Waals surface area contributed by atoms with Crippen LogP contribution in [0.25, 0.3) is 16.9 Å². The van der Waals surface area contributed by atoms with E-state index in [4.69, 9.17) is 19.3 Å². The van der Waals surface area contributed by atoms with Crippen molar-refractivity contribution in [1.82, 2.24) is 34.2 Å². The van der Waals surface area contributed by atoms with E-state index in [1.165, 1.54) is 21.5 Å². The van der Waals surface area contributed by atoms with Gasteiger partial charge in [-0.1, -0.05) is 0 Å². The Hall–Kier alpha value is -3.83. The molecule has 1 unspecified atom stereocenters. The number of aliphatic hydroxyl groups is 1. The first kappa shape index (κ1) is 31.8. The topological polar surface area (TPSA) is 132 Å². The van der Waals surface area contributed by atoms with Crippen LogP contribution in [0.1, 0.15) is 24.6 Å². The number of thioether (sulfide) groups is 1. The van der Waals surface area contributed by atoms with Gasteiger partial charge >= 0.3 is 6.61 Å². The predicted molar refractivity (Wildman–Crippen MR) is 168 cm³/mol. The zero-order valence-corrected chi connectivity index (χ0v) is 26.6. The lowest BCUT2D eigenvalue weighted by atomic mass is 10.0. The van der Waals surface area contributed by atoms with Crippen LogP contribution in [0.4, 0.5) is 14.5 Å². The number of likely N-dealkylation sites (N-methyl/N-ethyl adjacent to an activating group) is 1. The highest BCUT2D eigenvalue weighted by atomic mass is 32.2. The Morgan fingerprint density at radius 3 is 2.68 bits per heavy atom. The summed E-state index contributed by atoms with van der Waals surface area (Å²) in [6.45, 7) is 0.798. The number of hydrogen-bond acceptors (Lipinski definition) is 11. The monoisotopic (exact) mass is 670 g/mol. The number of alkyl halides is 2. The summed E-state index contributed by atoms with van der Waals surface area (Å²) in [5, 5.41) is 23.5. The Morgan fingerprint density at radius 2 is 1.98 bits per heavy atom. The van der Waals surface area contributed by atoms with Crippen molar-refractivity contribution in [2.75, 3.05) is 51.9 Å². The molecule has 3 saturated heterocycles. The van der Waals surface area contributed by atoms with E-state index >= 15 is 0 Å². The molecule has 2 N–H and O–H groups in total. The average molecular weight is 671 g/mol. The van der Waals surface area contributed by atoms with Crippen molar-refractivity contribution in [3.05, 3.63) is 54.6 Å². The van der Waals surface area contributed by atoms with Gasteiger partial charge in [-0.3, -0.25) is 14.4 Å². The lowest BCUT2D eigenvalue weighted by molar-refractivity contribution is -0.134. The van der Waals surface area contributed by atoms with E-state index in [0.717, 1.165) is 31.0 Å². The number of amides is 1. The van der Waals surface area contributed by atoms with Gasteiger partial charge < -0.3 is 29.5 Å². The zero-order valence-electron chi connectivity index (χ0n) is 25.7. The summed E-state index contributed by atoms with van der Waals surface area (Å²) < 4.78 is 45.7. The summed E-state index contributed by atoms with van der Waals surface area (Å²) in [6, 6.07) is 7.48. The van der Waals surface area contributed by atoms with E-state index in [2.05, 4.69) is 27.3 Å². The summed E-state index contributed by atoms with van der Waals surface area (Å²) in [6.07, 6.45) is 6.83. The highest BCUT2D eigenvalue weighted by Gasteiger charge is 2.32. The van der Waals surface area contributed by atoms with Crippen molar-refractivity contribution < 1.29 is 32.9 Å². The quantitative estimate of drug-likeness (QED) is 0.216. The third-order valence-electron chi connectivity index (χ3n) is 8.87. The van der Waals surface area contributed by atoms with Gasteiger partial charge in [0.05, 0.1) is 55.2 Å². The molecule has 3 aromatic heterocycles. The number of hydrogen-bond donors (Lipinski definition) is 2. The summed E-state index contributed by atoms with van der Waals surface area (Å²) in [5.41, 5.74) is 1.70. The standard InChI is InChI=1S/C31H36F2N8O5S/c1-38(20-15-44-16-20)19-5-9-39(10-6-19)27(42)14-40-13-25(36-30(43)24-12-35-41-8-2-7-34-29(24)41)28(37-40)23-11-21(47-22-17-45-18-22)3-4-26(23)46-31(32)33/h2-4,7-8,11-13,19-20,22,30-31,36,43H,5-6,9-10,14-18H2,1H3. The molecule has 16 heteroatoms. The van der Waals surface area contributed by atoms with Gasteiger partial charge in [-0.05, 0) is 44.2 Å². The molecule has 0 bridgehead atoms. The molecule has 3 aliphatic rings. The fourth-order valence-corrected chi connectivity index (χ4v) is 7.07. The van der Waals surface area contributed by atoms with Gasteiger partial charge in [-0.25, -0.2) is 9.50 Å². The van der Waals surface area contributed by atoms with Crippen molar-refractivity contribution in [1.29, 1.82) is 0 Å². The largest absolute Gasteiger partial charge is 0.434 e. The van der Waals surface area contributed by atoms with E-state index in [1.54, 1.807) is 48.6 Å². The number of carbonyl (C=O) groups excluding carboxylic acids is 1. The van der Waals surface area contributed by atoms with Crippen LogP contribution in [0.5, 0.6) is 5.75 Å². The van der Waals surface area contributed by atoms with Crippen LogP contribution in [0.15, 0.2) is 53.9 Å². The zero-order chi connectivity index (χ0) is 32.5. The van der Waals surface area contributed by atoms with Crippen molar-refractivity contribution in [2.24, 2.45) is 0 Å². The van der Waals surface area contributed by atoms with Gasteiger partial charge in [0.25, 0.3) is 0 Å². The second kappa shape index (κ2) is 13.7. The third kappa shape index (κ3) is 6.92. The van der Waals surface area contributed by atoms with E-state index in [1.807, 2.05) is 4.90 Å². The van der Waals surface area contributed by atoms with E-state index in [0.29, 0.717) is 60.8 Å². The van der Waals surface area contributed by atoms with Gasteiger partial charge in [0.2, 0.25) is 5.91 Å². The highest BCUT2D eigenvalue weighted by Crippen LogP contribution is 2.40. The fourth-order valence-electron chi connectivity index (χ4n) is 6.03. The predicted octanol–water partition coefficient (Wildman–Crippen LogP) is 3.11. The Balaban J connectivity index is 1.16. The fraction of sp³-hybridized carbons (Fsp3) is 0.484. The number of benzene rings is 1. The van der Waals surface area contributed by atoms with Crippen molar-refractivity contribution >= 4 is 29.0 Å². The molecule has 13 nitrogen and oxygen atoms in total. The number of piperidine rings is 1. The average Bonchev–Trinajstić information content (AvgIpc) is 3.62. The van der Waals surface area contributed by atoms with Crippen molar-refractivity contribution in [2.45, 2.75) is 54.5 Å². The van der Waals surface area contributed by atoms with Crippen molar-refractivity contribution in [3.8, 4) is 17.0 Å². The molecule has 7 rings (SSSR count). The number of likely N-dealkylation sites (tertiary alicyclic amines) is 1. The molecule has 0 spiro atoms. The molecule has 1 aromatic carbocycles. The molecule has 0 radical (unpaired) electrons. The lowest BCUT2D eigenvalue weighted by Crippen LogP contribution is -2.54. The Bertz CT molecular complexity index is 1710. The summed E-state index contributed by atoms with van der Waals surface area (Å²) in [4.78, 5) is 22.8. The van der Waals surface area contributed by atoms with Crippen LogP contribution in [0.3, 0.4) is 0 Å². The number of ether oxygens (including phenoxy) is 3. The number of fused-ring (bicyclic) bond motifs is 1. The van der Waals surface area contributed by atoms with Gasteiger partial charge in [0.15, 0.2) is 11.9 Å². The van der Waals surface area contributed by atoms with Gasteiger partial charge in [0, 0.05) is 48.2 Å². The number of anilines is 1. The van der Waals surface area contributed by atoms with Crippen LogP contribution in [-0.4, -0.2) is 116 Å². The van der Waals surface area contributed by atoms with Crippen LogP contribution < -0.4 is 10.1 Å². The number of rotatable bonds is 12. The molecule has 1 atom stereocenters. The highest BCUT2D eigenvalue weighted by molar-refractivity contribution is 8.00. The molecule has 47 heavy (non-hydrogen) atoms. The molecule has 6 heterocycles. The maximum Gasteiger partial charge on any atom is 0.387 e. The van der Waals surface area contributed by atoms with Crippen LogP contribution in [0.2, 0.25) is 0 Å². The first-order valence-electron chi connectivity index (χ1n) is 15.5. The smallest absolute Gasteiger partial charge is 0.387 e. The summed E-state index contributed by atoms with van der Waals surface area (Å²) >= 11 is 1.57. The van der Waals surface area contributed by atoms with E-state index < -0.39 is 12.8 Å². The number of aliphatic hydroxyl groups excluding tert-OH is 1. The SMILES string of the molecule is CN(C1CCN(C(=O)Cn2cc(NC(O)c3cnn4cccnc34)c(-c3cc(SC4COC4)ccc3OC(F)F)n2)CC1)C1COC1. The minimum atomic E-state index is -3.07. The molecule has 3 aliphatic heterocycles. The second-order valence-electron chi connectivity index (χ2n) is 11.9. The maximum atomic E-state index is 13.6. The first-order valence-corrected chi connectivity index (χ1v) is 16.4. The molecular weight excluding hydrogens is 634 g/mol. The molecule has 0 saturated carbocycles. The van der Waals surface area contributed by atoms with Gasteiger partial charge in [-0.15, -0.1) is 11.8 Å². The molecule has 250 valence electrons. The van der Waals surface area contributed by atoms with E-state index in [-0.39, 0.29) is 29.1 Å². The lowest BCUT2D eigenvalue weighted by Gasteiger charge is -2.43. The maximum absolute atomic E-state index is 13.6. The number of carbonyl (C=O) groups is 1. The summed E-state index contributed by atoms with van der Waals surface area (Å²) in [5.74, 6) is -0.187. The Kier molecular flexibility index (Phi) is 9.27. The number of nitrogens with one attached hydrogen (secondary N) is 1. The molecule has 0 aliphatic carbocycles. The van der Waals surface area contributed by atoms with Gasteiger partial charge in [-0.2, -0.15) is 19.0 Å².